The van der Waals surface area contributed by atoms with Gasteiger partial charge < -0.3 is 24.8 Å². The third kappa shape index (κ3) is 7.37. The Morgan fingerprint density at radius 3 is 2.52 bits per heavy atom. The van der Waals surface area contributed by atoms with E-state index in [4.69, 9.17) is 25.8 Å². The molecule has 6 nitrogen and oxygen atoms in total. The second kappa shape index (κ2) is 11.3. The lowest BCUT2D eigenvalue weighted by Crippen LogP contribution is -2.28. The molecule has 2 aromatic rings. The van der Waals surface area contributed by atoms with Gasteiger partial charge in [-0.15, -0.1) is 0 Å². The van der Waals surface area contributed by atoms with Crippen LogP contribution < -0.4 is 20.1 Å². The average molecular weight is 393 g/mol. The van der Waals surface area contributed by atoms with E-state index in [1.807, 2.05) is 31.2 Å². The van der Waals surface area contributed by atoms with Gasteiger partial charge in [0, 0.05) is 18.7 Å². The number of methoxy groups -OCH3 is 1. The molecule has 2 amide bonds. The third-order valence-corrected chi connectivity index (χ3v) is 3.82. The minimum atomic E-state index is -0.334. The summed E-state index contributed by atoms with van der Waals surface area (Å²) in [7, 11) is 1.63. The van der Waals surface area contributed by atoms with Gasteiger partial charge in [-0.25, -0.2) is 4.79 Å². The van der Waals surface area contributed by atoms with E-state index in [1.54, 1.807) is 25.3 Å². The van der Waals surface area contributed by atoms with Crippen molar-refractivity contribution in [1.82, 2.24) is 5.32 Å². The molecule has 0 aliphatic carbocycles. The first-order valence-corrected chi connectivity index (χ1v) is 9.18. The fourth-order valence-corrected chi connectivity index (χ4v) is 2.41. The number of anilines is 1. The van der Waals surface area contributed by atoms with E-state index in [0.717, 1.165) is 17.7 Å². The minimum absolute atomic E-state index is 0.334. The van der Waals surface area contributed by atoms with E-state index in [9.17, 15) is 4.79 Å². The number of benzene rings is 2. The molecular weight excluding hydrogens is 368 g/mol. The van der Waals surface area contributed by atoms with Crippen LogP contribution >= 0.6 is 11.6 Å². The molecule has 0 unspecified atom stereocenters. The number of carbonyl (C=O) groups is 1. The van der Waals surface area contributed by atoms with Crippen LogP contribution in [0, 0.1) is 0 Å². The zero-order valence-electron chi connectivity index (χ0n) is 15.6. The SMILES string of the molecule is CCCOc1ccc(Cl)cc1NC(=O)NCc1ccc(OCCOC)cc1. The van der Waals surface area contributed by atoms with Crippen molar-refractivity contribution in [3.05, 3.63) is 53.1 Å². The lowest BCUT2D eigenvalue weighted by atomic mass is 10.2. The Balaban J connectivity index is 1.86. The lowest BCUT2D eigenvalue weighted by molar-refractivity contribution is 0.146. The molecule has 2 rings (SSSR count). The molecule has 0 spiro atoms. The molecule has 0 saturated heterocycles. The van der Waals surface area contributed by atoms with E-state index in [0.29, 0.717) is 42.8 Å². The molecule has 146 valence electrons. The molecular formula is C20H25ClN2O4. The molecule has 0 atom stereocenters. The molecule has 0 heterocycles. The van der Waals surface area contributed by atoms with Gasteiger partial charge in [0.25, 0.3) is 0 Å². The summed E-state index contributed by atoms with van der Waals surface area (Å²) in [6, 6.07) is 12.3. The molecule has 0 bridgehead atoms. The molecule has 0 aliphatic rings. The van der Waals surface area contributed by atoms with Crippen molar-refractivity contribution >= 4 is 23.3 Å². The first-order chi connectivity index (χ1) is 13.1. The largest absolute Gasteiger partial charge is 0.491 e. The Hall–Kier alpha value is -2.44. The predicted molar refractivity (Wildman–Crippen MR) is 107 cm³/mol. The van der Waals surface area contributed by atoms with Gasteiger partial charge in [0.2, 0.25) is 0 Å². The lowest BCUT2D eigenvalue weighted by Gasteiger charge is -2.13. The predicted octanol–water partition coefficient (Wildman–Crippen LogP) is 4.48. The van der Waals surface area contributed by atoms with Gasteiger partial charge in [0.05, 0.1) is 18.9 Å². The van der Waals surface area contributed by atoms with Crippen LogP contribution in [-0.4, -0.2) is 33.0 Å². The number of amides is 2. The van der Waals surface area contributed by atoms with Crippen LogP contribution in [0.25, 0.3) is 0 Å². The number of hydrogen-bond donors (Lipinski definition) is 2. The quantitative estimate of drug-likeness (QED) is 0.585. The van der Waals surface area contributed by atoms with Crippen molar-refractivity contribution in [2.24, 2.45) is 0 Å². The van der Waals surface area contributed by atoms with Crippen molar-refractivity contribution < 1.29 is 19.0 Å². The maximum absolute atomic E-state index is 12.2. The Kier molecular flexibility index (Phi) is 8.74. The van der Waals surface area contributed by atoms with Gasteiger partial charge in [-0.05, 0) is 42.3 Å². The highest BCUT2D eigenvalue weighted by molar-refractivity contribution is 6.31. The second-order valence-corrected chi connectivity index (χ2v) is 6.22. The van der Waals surface area contributed by atoms with Crippen LogP contribution in [0.3, 0.4) is 0 Å². The molecule has 0 radical (unpaired) electrons. The molecule has 27 heavy (non-hydrogen) atoms. The van der Waals surface area contributed by atoms with E-state index in [1.165, 1.54) is 0 Å². The maximum atomic E-state index is 12.2. The van der Waals surface area contributed by atoms with E-state index >= 15 is 0 Å². The van der Waals surface area contributed by atoms with E-state index < -0.39 is 0 Å². The number of urea groups is 1. The van der Waals surface area contributed by atoms with Crippen LogP contribution in [-0.2, 0) is 11.3 Å². The van der Waals surface area contributed by atoms with E-state index in [-0.39, 0.29) is 6.03 Å². The van der Waals surface area contributed by atoms with Gasteiger partial charge in [0.1, 0.15) is 18.1 Å². The summed E-state index contributed by atoms with van der Waals surface area (Å²) in [5.41, 5.74) is 1.49. The summed E-state index contributed by atoms with van der Waals surface area (Å²) in [5, 5.41) is 6.12. The summed E-state index contributed by atoms with van der Waals surface area (Å²) in [5.74, 6) is 1.35. The minimum Gasteiger partial charge on any atom is -0.491 e. The molecule has 0 fully saturated rings. The summed E-state index contributed by atoms with van der Waals surface area (Å²) in [6.07, 6.45) is 0.874. The van der Waals surface area contributed by atoms with Crippen molar-refractivity contribution in [3.8, 4) is 11.5 Å². The zero-order chi connectivity index (χ0) is 19.5. The van der Waals surface area contributed by atoms with Crippen LogP contribution in [0.2, 0.25) is 5.02 Å². The first kappa shape index (κ1) is 20.9. The summed E-state index contributed by atoms with van der Waals surface area (Å²) in [6.45, 7) is 4.01. The molecule has 7 heteroatoms. The van der Waals surface area contributed by atoms with Crippen molar-refractivity contribution in [2.45, 2.75) is 19.9 Å². The Labute approximate surface area is 164 Å². The molecule has 2 aromatic carbocycles. The summed E-state index contributed by atoms with van der Waals surface area (Å²) in [4.78, 5) is 12.2. The Morgan fingerprint density at radius 2 is 1.81 bits per heavy atom. The Bertz CT molecular complexity index is 722. The monoisotopic (exact) mass is 392 g/mol. The number of halogens is 1. The number of rotatable bonds is 10. The van der Waals surface area contributed by atoms with Crippen LogP contribution in [0.4, 0.5) is 10.5 Å². The van der Waals surface area contributed by atoms with Crippen molar-refractivity contribution in [1.29, 1.82) is 0 Å². The average Bonchev–Trinajstić information content (AvgIpc) is 2.67. The summed E-state index contributed by atoms with van der Waals surface area (Å²) < 4.78 is 16.1. The Morgan fingerprint density at radius 1 is 1.04 bits per heavy atom. The van der Waals surface area contributed by atoms with Crippen LogP contribution in [0.15, 0.2) is 42.5 Å². The fraction of sp³-hybridized carbons (Fsp3) is 0.350. The van der Waals surface area contributed by atoms with E-state index in [2.05, 4.69) is 10.6 Å². The second-order valence-electron chi connectivity index (χ2n) is 5.78. The molecule has 2 N–H and O–H groups in total. The van der Waals surface area contributed by atoms with Gasteiger partial charge >= 0.3 is 6.03 Å². The first-order valence-electron chi connectivity index (χ1n) is 8.80. The topological polar surface area (TPSA) is 68.8 Å². The van der Waals surface area contributed by atoms with Crippen LogP contribution in [0.5, 0.6) is 11.5 Å². The highest BCUT2D eigenvalue weighted by Gasteiger charge is 2.09. The van der Waals surface area contributed by atoms with Crippen molar-refractivity contribution in [2.75, 3.05) is 32.2 Å². The molecule has 0 saturated carbocycles. The van der Waals surface area contributed by atoms with Gasteiger partial charge in [0.15, 0.2) is 0 Å². The van der Waals surface area contributed by atoms with Gasteiger partial charge in [-0.3, -0.25) is 0 Å². The summed E-state index contributed by atoms with van der Waals surface area (Å²) >= 11 is 6.02. The fourth-order valence-electron chi connectivity index (χ4n) is 2.23. The highest BCUT2D eigenvalue weighted by atomic mass is 35.5. The van der Waals surface area contributed by atoms with Gasteiger partial charge in [-0.2, -0.15) is 0 Å². The number of hydrogen-bond acceptors (Lipinski definition) is 4. The number of nitrogens with one attached hydrogen (secondary N) is 2. The van der Waals surface area contributed by atoms with Crippen LogP contribution in [0.1, 0.15) is 18.9 Å². The normalized spacial score (nSPS) is 10.3. The standard InChI is InChI=1S/C20H25ClN2O4/c1-3-10-27-19-9-6-16(21)13-18(19)23-20(24)22-14-15-4-7-17(8-5-15)26-12-11-25-2/h4-9,13H,3,10-12,14H2,1-2H3,(H2,22,23,24). The van der Waals surface area contributed by atoms with Crippen molar-refractivity contribution in [3.63, 3.8) is 0 Å². The maximum Gasteiger partial charge on any atom is 0.319 e. The highest BCUT2D eigenvalue weighted by Crippen LogP contribution is 2.28. The number of ether oxygens (including phenoxy) is 3. The van der Waals surface area contributed by atoms with Gasteiger partial charge in [-0.1, -0.05) is 30.7 Å². The molecule has 0 aromatic heterocycles. The number of carbonyl (C=O) groups excluding carboxylic acids is 1. The third-order valence-electron chi connectivity index (χ3n) is 3.58. The smallest absolute Gasteiger partial charge is 0.319 e. The molecule has 0 aliphatic heterocycles. The zero-order valence-corrected chi connectivity index (χ0v) is 16.3.